The number of aryl methyl sites for hydroxylation is 1. The van der Waals surface area contributed by atoms with E-state index >= 15 is 0 Å². The van der Waals surface area contributed by atoms with Crippen molar-refractivity contribution in [1.29, 1.82) is 0 Å². The molecule has 0 aliphatic rings. The Labute approximate surface area is 113 Å². The number of ether oxygens (including phenoxy) is 1. The minimum atomic E-state index is -0.215. The van der Waals surface area contributed by atoms with Gasteiger partial charge in [0.05, 0.1) is 7.11 Å². The Kier molecular flexibility index (Phi) is 4.17. The van der Waals surface area contributed by atoms with Crippen LogP contribution in [-0.2, 0) is 9.53 Å². The first-order valence-electron chi connectivity index (χ1n) is 6.44. The molecule has 0 radical (unpaired) electrons. The standard InChI is InChI=1S/C16H19NO2/c1-11-7-8-12-5-3-4-6-13(12)16(11)14(17)9-10-15(18)19-2/h3-8,14H,9-10,17H2,1-2H3. The van der Waals surface area contributed by atoms with Crippen LogP contribution in [0.3, 0.4) is 0 Å². The lowest BCUT2D eigenvalue weighted by Crippen LogP contribution is -2.14. The molecule has 3 heteroatoms. The van der Waals surface area contributed by atoms with Crippen LogP contribution in [0.5, 0.6) is 0 Å². The van der Waals surface area contributed by atoms with Crippen molar-refractivity contribution in [1.82, 2.24) is 0 Å². The number of rotatable bonds is 4. The molecule has 3 nitrogen and oxygen atoms in total. The maximum atomic E-state index is 11.2. The first-order valence-corrected chi connectivity index (χ1v) is 6.44. The van der Waals surface area contributed by atoms with Crippen LogP contribution in [0.1, 0.15) is 30.0 Å². The Balaban J connectivity index is 2.32. The van der Waals surface area contributed by atoms with E-state index in [-0.39, 0.29) is 12.0 Å². The van der Waals surface area contributed by atoms with E-state index < -0.39 is 0 Å². The molecule has 2 N–H and O–H groups in total. The van der Waals surface area contributed by atoms with Gasteiger partial charge in [-0.2, -0.15) is 0 Å². The second kappa shape index (κ2) is 5.85. The van der Waals surface area contributed by atoms with Gasteiger partial charge in [-0.15, -0.1) is 0 Å². The van der Waals surface area contributed by atoms with Crippen LogP contribution in [0.25, 0.3) is 10.8 Å². The van der Waals surface area contributed by atoms with Crippen LogP contribution >= 0.6 is 0 Å². The van der Waals surface area contributed by atoms with Crippen molar-refractivity contribution in [2.24, 2.45) is 5.73 Å². The molecule has 2 aromatic carbocycles. The van der Waals surface area contributed by atoms with E-state index in [1.807, 2.05) is 12.1 Å². The highest BCUT2D eigenvalue weighted by Gasteiger charge is 2.14. The number of esters is 1. The molecular formula is C16H19NO2. The summed E-state index contributed by atoms with van der Waals surface area (Å²) < 4.78 is 4.66. The summed E-state index contributed by atoms with van der Waals surface area (Å²) in [5, 5.41) is 2.34. The second-order valence-electron chi connectivity index (χ2n) is 4.74. The molecule has 0 heterocycles. The maximum absolute atomic E-state index is 11.2. The van der Waals surface area contributed by atoms with Crippen molar-refractivity contribution in [3.8, 4) is 0 Å². The van der Waals surface area contributed by atoms with E-state index in [2.05, 4.69) is 35.9 Å². The van der Waals surface area contributed by atoms with Gasteiger partial charge >= 0.3 is 5.97 Å². The van der Waals surface area contributed by atoms with Crippen LogP contribution in [0.15, 0.2) is 36.4 Å². The fourth-order valence-electron chi connectivity index (χ4n) is 2.42. The summed E-state index contributed by atoms with van der Waals surface area (Å²) >= 11 is 0. The summed E-state index contributed by atoms with van der Waals surface area (Å²) in [5.74, 6) is -0.215. The SMILES string of the molecule is COC(=O)CCC(N)c1c(C)ccc2ccccc12. The van der Waals surface area contributed by atoms with Gasteiger partial charge in [0.2, 0.25) is 0 Å². The highest BCUT2D eigenvalue weighted by Crippen LogP contribution is 2.28. The van der Waals surface area contributed by atoms with Gasteiger partial charge in [0.15, 0.2) is 0 Å². The fraction of sp³-hybridized carbons (Fsp3) is 0.312. The summed E-state index contributed by atoms with van der Waals surface area (Å²) in [5.41, 5.74) is 8.55. The molecule has 0 aliphatic heterocycles. The largest absolute Gasteiger partial charge is 0.469 e. The highest BCUT2D eigenvalue weighted by atomic mass is 16.5. The monoisotopic (exact) mass is 257 g/mol. The zero-order valence-corrected chi connectivity index (χ0v) is 11.3. The molecule has 1 unspecified atom stereocenters. The third-order valence-corrected chi connectivity index (χ3v) is 3.45. The quantitative estimate of drug-likeness (QED) is 0.856. The predicted molar refractivity (Wildman–Crippen MR) is 76.9 cm³/mol. The molecule has 100 valence electrons. The third-order valence-electron chi connectivity index (χ3n) is 3.45. The normalized spacial score (nSPS) is 12.4. The van der Waals surface area contributed by atoms with Crippen molar-refractivity contribution in [3.63, 3.8) is 0 Å². The minimum absolute atomic E-state index is 0.148. The third kappa shape index (κ3) is 2.93. The molecule has 2 aromatic rings. The van der Waals surface area contributed by atoms with Gasteiger partial charge in [0.25, 0.3) is 0 Å². The number of nitrogens with two attached hydrogens (primary N) is 1. The first kappa shape index (κ1) is 13.6. The lowest BCUT2D eigenvalue weighted by atomic mass is 9.92. The molecular weight excluding hydrogens is 238 g/mol. The molecule has 0 amide bonds. The lowest BCUT2D eigenvalue weighted by Gasteiger charge is -2.17. The Morgan fingerprint density at radius 2 is 2.00 bits per heavy atom. The van der Waals surface area contributed by atoms with Gasteiger partial charge in [-0.05, 0) is 35.2 Å². The van der Waals surface area contributed by atoms with Crippen molar-refractivity contribution >= 4 is 16.7 Å². The number of methoxy groups -OCH3 is 1. The van der Waals surface area contributed by atoms with Crippen LogP contribution in [0.2, 0.25) is 0 Å². The molecule has 0 fully saturated rings. The summed E-state index contributed by atoms with van der Waals surface area (Å²) in [6.07, 6.45) is 0.946. The first-order chi connectivity index (χ1) is 9.13. The number of hydrogen-bond acceptors (Lipinski definition) is 3. The average Bonchev–Trinajstić information content (AvgIpc) is 2.44. The van der Waals surface area contributed by atoms with Gasteiger partial charge in [-0.25, -0.2) is 0 Å². The number of hydrogen-bond donors (Lipinski definition) is 1. The molecule has 0 bridgehead atoms. The molecule has 0 aromatic heterocycles. The second-order valence-corrected chi connectivity index (χ2v) is 4.74. The van der Waals surface area contributed by atoms with Gasteiger partial charge in [0.1, 0.15) is 0 Å². The zero-order valence-electron chi connectivity index (χ0n) is 11.3. The molecule has 19 heavy (non-hydrogen) atoms. The van der Waals surface area contributed by atoms with Crippen molar-refractivity contribution in [3.05, 3.63) is 47.5 Å². The van der Waals surface area contributed by atoms with Crippen LogP contribution in [-0.4, -0.2) is 13.1 Å². The van der Waals surface area contributed by atoms with Gasteiger partial charge < -0.3 is 10.5 Å². The van der Waals surface area contributed by atoms with E-state index in [4.69, 9.17) is 5.73 Å². The van der Waals surface area contributed by atoms with Gasteiger partial charge in [0, 0.05) is 12.5 Å². The maximum Gasteiger partial charge on any atom is 0.305 e. The summed E-state index contributed by atoms with van der Waals surface area (Å²) in [6, 6.07) is 12.2. The van der Waals surface area contributed by atoms with E-state index in [1.54, 1.807) is 0 Å². The molecule has 0 spiro atoms. The topological polar surface area (TPSA) is 52.3 Å². The summed E-state index contributed by atoms with van der Waals surface area (Å²) in [4.78, 5) is 11.2. The summed E-state index contributed by atoms with van der Waals surface area (Å²) in [6.45, 7) is 2.06. The van der Waals surface area contributed by atoms with Crippen LogP contribution < -0.4 is 5.73 Å². The van der Waals surface area contributed by atoms with Crippen molar-refractivity contribution in [2.45, 2.75) is 25.8 Å². The van der Waals surface area contributed by atoms with Crippen molar-refractivity contribution < 1.29 is 9.53 Å². The smallest absolute Gasteiger partial charge is 0.305 e. The lowest BCUT2D eigenvalue weighted by molar-refractivity contribution is -0.140. The Morgan fingerprint density at radius 3 is 2.74 bits per heavy atom. The molecule has 0 saturated heterocycles. The van der Waals surface area contributed by atoms with Crippen molar-refractivity contribution in [2.75, 3.05) is 7.11 Å². The number of fused-ring (bicyclic) bond motifs is 1. The number of carbonyl (C=O) groups excluding carboxylic acids is 1. The molecule has 0 saturated carbocycles. The Bertz CT molecular complexity index is 592. The van der Waals surface area contributed by atoms with E-state index in [1.165, 1.54) is 17.9 Å². The molecule has 1 atom stereocenters. The van der Waals surface area contributed by atoms with Crippen LogP contribution in [0, 0.1) is 6.92 Å². The predicted octanol–water partition coefficient (Wildman–Crippen LogP) is 3.10. The zero-order chi connectivity index (χ0) is 13.8. The average molecular weight is 257 g/mol. The fourth-order valence-corrected chi connectivity index (χ4v) is 2.42. The van der Waals surface area contributed by atoms with Gasteiger partial charge in [-0.3, -0.25) is 4.79 Å². The number of benzene rings is 2. The van der Waals surface area contributed by atoms with Crippen LogP contribution in [0.4, 0.5) is 0 Å². The highest BCUT2D eigenvalue weighted by molar-refractivity contribution is 5.87. The molecule has 2 rings (SSSR count). The molecule has 0 aliphatic carbocycles. The summed E-state index contributed by atoms with van der Waals surface area (Å²) in [7, 11) is 1.40. The van der Waals surface area contributed by atoms with E-state index in [0.29, 0.717) is 12.8 Å². The van der Waals surface area contributed by atoms with Gasteiger partial charge in [-0.1, -0.05) is 36.4 Å². The van der Waals surface area contributed by atoms with E-state index in [9.17, 15) is 4.79 Å². The minimum Gasteiger partial charge on any atom is -0.469 e. The Hall–Kier alpha value is -1.87. The number of carbonyl (C=O) groups is 1. The van der Waals surface area contributed by atoms with E-state index in [0.717, 1.165) is 11.1 Å². The Morgan fingerprint density at radius 1 is 1.26 bits per heavy atom.